The topological polar surface area (TPSA) is 116 Å². The summed E-state index contributed by atoms with van der Waals surface area (Å²) in [5.41, 5.74) is 1.91. The van der Waals surface area contributed by atoms with Crippen LogP contribution < -0.4 is 10.6 Å². The minimum absolute atomic E-state index is 0.0444. The Hall–Kier alpha value is -2.91. The quantitative estimate of drug-likeness (QED) is 0.371. The molecule has 0 bridgehead atoms. The normalized spacial score (nSPS) is 12.5. The number of hydrogen-bond donors (Lipinski definition) is 3. The summed E-state index contributed by atoms with van der Waals surface area (Å²) in [6.07, 6.45) is 1.14. The van der Waals surface area contributed by atoms with Gasteiger partial charge >= 0.3 is 12.0 Å². The number of carboxylic acids is 1. The second-order valence-electron chi connectivity index (χ2n) is 8.73. The molecule has 0 aliphatic heterocycles. The molecule has 0 radical (unpaired) electrons. The molecular formula is C25H35N3O5S. The van der Waals surface area contributed by atoms with Crippen molar-refractivity contribution in [2.24, 2.45) is 5.92 Å². The predicted octanol–water partition coefficient (Wildman–Crippen LogP) is 3.76. The average Bonchev–Trinajstić information content (AvgIpc) is 2.79. The number of aryl methyl sites for hydroxylation is 1. The highest BCUT2D eigenvalue weighted by molar-refractivity contribution is 7.89. The molecule has 2 aromatic rings. The zero-order valence-corrected chi connectivity index (χ0v) is 20.8. The van der Waals surface area contributed by atoms with Gasteiger partial charge in [-0.05, 0) is 49.8 Å². The molecule has 0 unspecified atom stereocenters. The maximum atomic E-state index is 13.3. The van der Waals surface area contributed by atoms with Crippen molar-refractivity contribution in [3.8, 4) is 0 Å². The van der Waals surface area contributed by atoms with Crippen LogP contribution in [-0.2, 0) is 21.4 Å². The summed E-state index contributed by atoms with van der Waals surface area (Å²) in [6.45, 7) is 6.45. The van der Waals surface area contributed by atoms with E-state index in [9.17, 15) is 23.1 Å². The number of rotatable bonds is 13. The van der Waals surface area contributed by atoms with Crippen LogP contribution in [-0.4, -0.2) is 49.0 Å². The molecule has 0 heterocycles. The lowest BCUT2D eigenvalue weighted by Gasteiger charge is -2.29. The zero-order chi connectivity index (χ0) is 25.1. The Morgan fingerprint density at radius 3 is 2.21 bits per heavy atom. The number of carbonyl (C=O) groups is 2. The van der Waals surface area contributed by atoms with Gasteiger partial charge in [0.25, 0.3) is 0 Å². The molecule has 0 aliphatic rings. The number of aliphatic carboxylic acids is 1. The standard InChI is InChI=1S/C25H35N3O5S/c1-19(2)18-28(34(32,33)22-14-12-20(3)13-15-22)23(24(29)30)11-7-8-16-26-25(31)27-17-21-9-5-4-6-10-21/h4-6,9-10,12-15,19,23H,7-8,11,16-18H2,1-3H3,(H,29,30)(H2,26,27,31)/t23-/m0/s1. The zero-order valence-electron chi connectivity index (χ0n) is 20.0. The van der Waals surface area contributed by atoms with Crippen molar-refractivity contribution < 1.29 is 23.1 Å². The Bertz CT molecular complexity index is 1020. The molecule has 0 saturated carbocycles. The number of carboxylic acid groups (broad SMARTS) is 1. The van der Waals surface area contributed by atoms with Gasteiger partial charge in [-0.15, -0.1) is 0 Å². The molecule has 1 atom stereocenters. The molecule has 0 aliphatic carbocycles. The van der Waals surface area contributed by atoms with Gasteiger partial charge in [-0.1, -0.05) is 61.9 Å². The van der Waals surface area contributed by atoms with Crippen LogP contribution in [0.15, 0.2) is 59.5 Å². The second kappa shape index (κ2) is 13.1. The largest absolute Gasteiger partial charge is 0.480 e. The Balaban J connectivity index is 1.93. The Kier molecular flexibility index (Phi) is 10.5. The van der Waals surface area contributed by atoms with E-state index in [1.165, 1.54) is 12.1 Å². The highest BCUT2D eigenvalue weighted by Gasteiger charge is 2.35. The third-order valence-corrected chi connectivity index (χ3v) is 7.18. The van der Waals surface area contributed by atoms with Gasteiger partial charge < -0.3 is 15.7 Å². The summed E-state index contributed by atoms with van der Waals surface area (Å²) < 4.78 is 27.7. The lowest BCUT2D eigenvalue weighted by molar-refractivity contribution is -0.141. The van der Waals surface area contributed by atoms with E-state index in [0.717, 1.165) is 15.4 Å². The Morgan fingerprint density at radius 1 is 0.971 bits per heavy atom. The van der Waals surface area contributed by atoms with Crippen LogP contribution in [0.4, 0.5) is 4.79 Å². The van der Waals surface area contributed by atoms with Gasteiger partial charge in [0, 0.05) is 19.6 Å². The van der Waals surface area contributed by atoms with Gasteiger partial charge in [0.15, 0.2) is 0 Å². The van der Waals surface area contributed by atoms with Crippen molar-refractivity contribution >= 4 is 22.0 Å². The van der Waals surface area contributed by atoms with Crippen LogP contribution in [0.2, 0.25) is 0 Å². The highest BCUT2D eigenvalue weighted by atomic mass is 32.2. The third-order valence-electron chi connectivity index (χ3n) is 5.29. The fourth-order valence-corrected chi connectivity index (χ4v) is 5.27. The first-order valence-electron chi connectivity index (χ1n) is 11.5. The monoisotopic (exact) mass is 489 g/mol. The molecule has 2 rings (SSSR count). The number of urea groups is 1. The van der Waals surface area contributed by atoms with E-state index >= 15 is 0 Å². The van der Waals surface area contributed by atoms with E-state index in [4.69, 9.17) is 0 Å². The number of sulfonamides is 1. The van der Waals surface area contributed by atoms with Crippen molar-refractivity contribution in [3.63, 3.8) is 0 Å². The summed E-state index contributed by atoms with van der Waals surface area (Å²) >= 11 is 0. The molecule has 0 aromatic heterocycles. The van der Waals surface area contributed by atoms with Gasteiger partial charge in [-0.25, -0.2) is 13.2 Å². The number of nitrogens with one attached hydrogen (secondary N) is 2. The van der Waals surface area contributed by atoms with Crippen molar-refractivity contribution in [1.82, 2.24) is 14.9 Å². The summed E-state index contributed by atoms with van der Waals surface area (Å²) in [7, 11) is -3.97. The first-order valence-corrected chi connectivity index (χ1v) is 12.9. The van der Waals surface area contributed by atoms with Gasteiger partial charge in [0.2, 0.25) is 10.0 Å². The minimum Gasteiger partial charge on any atom is -0.480 e. The lowest BCUT2D eigenvalue weighted by atomic mass is 10.1. The molecular weight excluding hydrogens is 454 g/mol. The second-order valence-corrected chi connectivity index (χ2v) is 10.6. The van der Waals surface area contributed by atoms with Crippen molar-refractivity contribution in [3.05, 3.63) is 65.7 Å². The molecule has 9 heteroatoms. The van der Waals surface area contributed by atoms with E-state index in [1.54, 1.807) is 12.1 Å². The smallest absolute Gasteiger partial charge is 0.322 e. The SMILES string of the molecule is Cc1ccc(S(=O)(=O)N(CC(C)C)[C@@H](CCCCNC(=O)NCc2ccccc2)C(=O)O)cc1. The Morgan fingerprint density at radius 2 is 1.62 bits per heavy atom. The van der Waals surface area contributed by atoms with E-state index in [2.05, 4.69) is 10.6 Å². The van der Waals surface area contributed by atoms with Crippen LogP contribution in [0.3, 0.4) is 0 Å². The predicted molar refractivity (Wildman–Crippen MR) is 132 cm³/mol. The first-order chi connectivity index (χ1) is 16.1. The number of unbranched alkanes of at least 4 members (excludes halogenated alkanes) is 1. The summed E-state index contributed by atoms with van der Waals surface area (Å²) in [6, 6.07) is 14.5. The van der Waals surface area contributed by atoms with Crippen LogP contribution >= 0.6 is 0 Å². The number of benzene rings is 2. The molecule has 0 saturated heterocycles. The molecule has 0 spiro atoms. The number of amides is 2. The minimum atomic E-state index is -3.97. The van der Waals surface area contributed by atoms with Crippen LogP contribution in [0.1, 0.15) is 44.2 Å². The van der Waals surface area contributed by atoms with Crippen LogP contribution in [0.25, 0.3) is 0 Å². The van der Waals surface area contributed by atoms with E-state index in [0.29, 0.717) is 25.9 Å². The first kappa shape index (κ1) is 27.3. The fraction of sp³-hybridized carbons (Fsp3) is 0.440. The lowest BCUT2D eigenvalue weighted by Crippen LogP contribution is -2.46. The van der Waals surface area contributed by atoms with Gasteiger partial charge in [0.05, 0.1) is 4.90 Å². The Labute approximate surface area is 202 Å². The number of carbonyl (C=O) groups excluding carboxylic acids is 1. The van der Waals surface area contributed by atoms with Crippen LogP contribution in [0, 0.1) is 12.8 Å². The maximum Gasteiger partial charge on any atom is 0.322 e. The average molecular weight is 490 g/mol. The van der Waals surface area contributed by atoms with E-state index < -0.39 is 22.0 Å². The van der Waals surface area contributed by atoms with Gasteiger partial charge in [0.1, 0.15) is 6.04 Å². The third kappa shape index (κ3) is 8.46. The van der Waals surface area contributed by atoms with Crippen molar-refractivity contribution in [2.75, 3.05) is 13.1 Å². The molecule has 2 amide bonds. The number of nitrogens with zero attached hydrogens (tertiary/aromatic N) is 1. The molecule has 3 N–H and O–H groups in total. The summed E-state index contributed by atoms with van der Waals surface area (Å²) in [5, 5.41) is 15.4. The van der Waals surface area contributed by atoms with Crippen molar-refractivity contribution in [1.29, 1.82) is 0 Å². The van der Waals surface area contributed by atoms with Crippen LogP contribution in [0.5, 0.6) is 0 Å². The molecule has 2 aromatic carbocycles. The van der Waals surface area contributed by atoms with Gasteiger partial charge in [-0.2, -0.15) is 4.31 Å². The number of hydrogen-bond acceptors (Lipinski definition) is 4. The highest BCUT2D eigenvalue weighted by Crippen LogP contribution is 2.23. The van der Waals surface area contributed by atoms with Gasteiger partial charge in [-0.3, -0.25) is 4.79 Å². The summed E-state index contributed by atoms with van der Waals surface area (Å²) in [4.78, 5) is 24.1. The molecule has 8 nitrogen and oxygen atoms in total. The molecule has 186 valence electrons. The molecule has 34 heavy (non-hydrogen) atoms. The maximum absolute atomic E-state index is 13.3. The van der Waals surface area contributed by atoms with Crippen molar-refractivity contribution in [2.45, 2.75) is 57.5 Å². The fourth-order valence-electron chi connectivity index (χ4n) is 3.49. The molecule has 0 fully saturated rings. The van der Waals surface area contributed by atoms with E-state index in [-0.39, 0.29) is 29.8 Å². The summed E-state index contributed by atoms with van der Waals surface area (Å²) in [5.74, 6) is -1.22. The van der Waals surface area contributed by atoms with E-state index in [1.807, 2.05) is 51.1 Å².